The van der Waals surface area contributed by atoms with E-state index in [9.17, 15) is 0 Å². The lowest BCUT2D eigenvalue weighted by molar-refractivity contribution is 0.529. The van der Waals surface area contributed by atoms with Crippen molar-refractivity contribution in [1.82, 2.24) is 14.5 Å². The second-order valence-corrected chi connectivity index (χ2v) is 8.23. The quantitative estimate of drug-likeness (QED) is 0.215. The highest BCUT2D eigenvalue weighted by atomic mass is 79.9. The first-order valence-corrected chi connectivity index (χ1v) is 10.7. The topological polar surface area (TPSA) is 30.7 Å². The maximum Gasteiger partial charge on any atom is 0.147 e. The van der Waals surface area contributed by atoms with Crippen LogP contribution in [0.15, 0.2) is 108 Å². The van der Waals surface area contributed by atoms with Gasteiger partial charge in [-0.3, -0.25) is 0 Å². The minimum atomic E-state index is -0.647. The molecule has 0 aliphatic rings. The fraction of sp³-hybridized carbons (Fsp3) is 0.0400. The van der Waals surface area contributed by atoms with E-state index in [0.717, 1.165) is 32.2 Å². The van der Waals surface area contributed by atoms with Crippen molar-refractivity contribution < 1.29 is 0 Å². The van der Waals surface area contributed by atoms with E-state index >= 15 is 0 Å². The molecular formula is C25H17BrClN3. The number of benzene rings is 3. The molecule has 0 aliphatic heterocycles. The third-order valence-electron chi connectivity index (χ3n) is 5.43. The summed E-state index contributed by atoms with van der Waals surface area (Å²) in [7, 11) is 0. The first kappa shape index (κ1) is 19.0. The van der Waals surface area contributed by atoms with Gasteiger partial charge in [-0.05, 0) is 32.6 Å². The number of rotatable bonds is 4. The molecule has 5 heteroatoms. The predicted octanol–water partition coefficient (Wildman–Crippen LogP) is 6.69. The Morgan fingerprint density at radius 3 is 1.63 bits per heavy atom. The second-order valence-electron chi connectivity index (χ2n) is 7.02. The van der Waals surface area contributed by atoms with E-state index in [0.29, 0.717) is 5.15 Å². The van der Waals surface area contributed by atoms with Crippen LogP contribution in [-0.4, -0.2) is 14.5 Å². The zero-order chi connectivity index (χ0) is 20.6. The van der Waals surface area contributed by atoms with Gasteiger partial charge in [0.25, 0.3) is 0 Å². The zero-order valence-corrected chi connectivity index (χ0v) is 18.3. The molecule has 0 radical (unpaired) electrons. The highest BCUT2D eigenvalue weighted by Gasteiger charge is 2.40. The Morgan fingerprint density at radius 1 is 0.700 bits per heavy atom. The van der Waals surface area contributed by atoms with Crippen molar-refractivity contribution in [1.29, 1.82) is 0 Å². The second kappa shape index (κ2) is 7.71. The van der Waals surface area contributed by atoms with E-state index in [1.165, 1.54) is 6.33 Å². The first-order chi connectivity index (χ1) is 14.7. The highest BCUT2D eigenvalue weighted by molar-refractivity contribution is 9.10. The Hall–Kier alpha value is -2.95. The summed E-state index contributed by atoms with van der Waals surface area (Å²) in [6.07, 6.45) is 3.57. The standard InChI is InChI=1S/C25H17BrClN3/c26-21-16-30(24-22(21)23(27)28-17-29-24)25(18-10-4-1-5-11-18,19-12-6-2-7-13-19)20-14-8-3-9-15-20/h1-17H. The lowest BCUT2D eigenvalue weighted by Crippen LogP contribution is -2.37. The van der Waals surface area contributed by atoms with Gasteiger partial charge in [0.15, 0.2) is 0 Å². The van der Waals surface area contributed by atoms with Gasteiger partial charge in [-0.25, -0.2) is 9.97 Å². The third-order valence-corrected chi connectivity index (χ3v) is 6.31. The molecule has 0 amide bonds. The first-order valence-electron chi connectivity index (χ1n) is 9.57. The van der Waals surface area contributed by atoms with Crippen LogP contribution in [-0.2, 0) is 5.54 Å². The van der Waals surface area contributed by atoms with E-state index in [1.807, 2.05) is 18.2 Å². The summed E-state index contributed by atoms with van der Waals surface area (Å²) >= 11 is 10.2. The van der Waals surface area contributed by atoms with E-state index in [-0.39, 0.29) is 0 Å². The largest absolute Gasteiger partial charge is 0.313 e. The van der Waals surface area contributed by atoms with Crippen LogP contribution in [0, 0.1) is 0 Å². The van der Waals surface area contributed by atoms with Gasteiger partial charge in [0.05, 0.1) is 5.39 Å². The van der Waals surface area contributed by atoms with Gasteiger partial charge < -0.3 is 4.57 Å². The van der Waals surface area contributed by atoms with Crippen LogP contribution in [0.1, 0.15) is 16.7 Å². The minimum Gasteiger partial charge on any atom is -0.313 e. The Balaban J connectivity index is 2.00. The summed E-state index contributed by atoms with van der Waals surface area (Å²) in [6, 6.07) is 31.4. The Morgan fingerprint density at radius 2 is 1.17 bits per heavy atom. The summed E-state index contributed by atoms with van der Waals surface area (Å²) in [6.45, 7) is 0. The molecule has 0 fully saturated rings. The lowest BCUT2D eigenvalue weighted by atomic mass is 9.76. The molecule has 0 atom stereocenters. The van der Waals surface area contributed by atoms with Crippen LogP contribution >= 0.6 is 27.5 Å². The van der Waals surface area contributed by atoms with Crippen molar-refractivity contribution in [2.24, 2.45) is 0 Å². The summed E-state index contributed by atoms with van der Waals surface area (Å²) in [4.78, 5) is 8.84. The van der Waals surface area contributed by atoms with Gasteiger partial charge in [-0.2, -0.15) is 0 Å². The summed E-state index contributed by atoms with van der Waals surface area (Å²) in [5.41, 5.74) is 3.49. The van der Waals surface area contributed by atoms with E-state index in [2.05, 4.69) is 109 Å². The molecule has 146 valence electrons. The molecule has 5 rings (SSSR count). The maximum absolute atomic E-state index is 6.47. The van der Waals surface area contributed by atoms with Gasteiger partial charge in [-0.1, -0.05) is 103 Å². The summed E-state index contributed by atoms with van der Waals surface area (Å²) in [5.74, 6) is 0. The fourth-order valence-electron chi connectivity index (χ4n) is 4.19. The molecule has 0 N–H and O–H groups in total. The number of fused-ring (bicyclic) bond motifs is 1. The molecule has 30 heavy (non-hydrogen) atoms. The van der Waals surface area contributed by atoms with Crippen molar-refractivity contribution in [3.63, 3.8) is 0 Å². The smallest absolute Gasteiger partial charge is 0.147 e. The van der Waals surface area contributed by atoms with Crippen LogP contribution in [0.25, 0.3) is 11.0 Å². The van der Waals surface area contributed by atoms with Crippen molar-refractivity contribution in [2.75, 3.05) is 0 Å². The van der Waals surface area contributed by atoms with Gasteiger partial charge >= 0.3 is 0 Å². The molecule has 3 aromatic carbocycles. The summed E-state index contributed by atoms with van der Waals surface area (Å²) in [5, 5.41) is 1.22. The van der Waals surface area contributed by atoms with Crippen LogP contribution in [0.4, 0.5) is 0 Å². The number of hydrogen-bond donors (Lipinski definition) is 0. The third kappa shape index (κ3) is 2.87. The SMILES string of the molecule is Clc1ncnc2c1c(Br)cn2C(c1ccccc1)(c1ccccc1)c1ccccc1. The summed E-state index contributed by atoms with van der Waals surface area (Å²) < 4.78 is 3.05. The Bertz CT molecular complexity index is 1210. The molecule has 0 spiro atoms. The average Bonchev–Trinajstić information content (AvgIpc) is 3.15. The number of halogens is 2. The molecule has 0 aliphatic carbocycles. The van der Waals surface area contributed by atoms with E-state index < -0.39 is 5.54 Å². The monoisotopic (exact) mass is 473 g/mol. The molecule has 2 aromatic heterocycles. The van der Waals surface area contributed by atoms with Crippen molar-refractivity contribution >= 4 is 38.6 Å². The van der Waals surface area contributed by atoms with Gasteiger partial charge in [0, 0.05) is 10.7 Å². The number of hydrogen-bond acceptors (Lipinski definition) is 2. The molecule has 5 aromatic rings. The van der Waals surface area contributed by atoms with E-state index in [1.54, 1.807) is 0 Å². The van der Waals surface area contributed by atoms with Crippen LogP contribution in [0.3, 0.4) is 0 Å². The van der Waals surface area contributed by atoms with Crippen LogP contribution in [0.2, 0.25) is 5.15 Å². The number of aromatic nitrogens is 3. The van der Waals surface area contributed by atoms with Gasteiger partial charge in [0.1, 0.15) is 22.7 Å². The average molecular weight is 475 g/mol. The molecule has 0 bridgehead atoms. The van der Waals surface area contributed by atoms with E-state index in [4.69, 9.17) is 11.6 Å². The van der Waals surface area contributed by atoms with Crippen molar-refractivity contribution in [3.8, 4) is 0 Å². The molecule has 2 heterocycles. The Labute approximate surface area is 188 Å². The molecule has 0 saturated heterocycles. The van der Waals surface area contributed by atoms with Gasteiger partial charge in [-0.15, -0.1) is 0 Å². The van der Waals surface area contributed by atoms with Crippen molar-refractivity contribution in [2.45, 2.75) is 5.54 Å². The van der Waals surface area contributed by atoms with Gasteiger partial charge in [0.2, 0.25) is 0 Å². The Kier molecular flexibility index (Phi) is 4.89. The highest BCUT2D eigenvalue weighted by Crippen LogP contribution is 2.44. The fourth-order valence-corrected chi connectivity index (χ4v) is 5.11. The molecule has 3 nitrogen and oxygen atoms in total. The lowest BCUT2D eigenvalue weighted by Gasteiger charge is -2.38. The van der Waals surface area contributed by atoms with Crippen molar-refractivity contribution in [3.05, 3.63) is 130 Å². The zero-order valence-electron chi connectivity index (χ0n) is 15.9. The van der Waals surface area contributed by atoms with Crippen LogP contribution < -0.4 is 0 Å². The predicted molar refractivity (Wildman–Crippen MR) is 125 cm³/mol. The molecule has 0 unspecified atom stereocenters. The molecule has 0 saturated carbocycles. The maximum atomic E-state index is 6.47. The molecular weight excluding hydrogens is 458 g/mol. The normalized spacial score (nSPS) is 11.7. The number of nitrogens with zero attached hydrogens (tertiary/aromatic N) is 3. The minimum absolute atomic E-state index is 0.425. The van der Waals surface area contributed by atoms with Crippen LogP contribution in [0.5, 0.6) is 0 Å².